The minimum Gasteiger partial charge on any atom is -0.493 e. The summed E-state index contributed by atoms with van der Waals surface area (Å²) in [6, 6.07) is 7.41. The van der Waals surface area contributed by atoms with E-state index in [-0.39, 0.29) is 0 Å². The Morgan fingerprint density at radius 1 is 1.33 bits per heavy atom. The fraction of sp³-hybridized carbons (Fsp3) is 0.333. The van der Waals surface area contributed by atoms with E-state index in [0.717, 1.165) is 5.01 Å². The molecule has 0 aliphatic carbocycles. The number of rotatable bonds is 7. The summed E-state index contributed by atoms with van der Waals surface area (Å²) in [5, 5.41) is 9.88. The summed E-state index contributed by atoms with van der Waals surface area (Å²) in [7, 11) is 1.59. The first-order valence-corrected chi connectivity index (χ1v) is 7.45. The topological polar surface area (TPSA) is 68.7 Å². The van der Waals surface area contributed by atoms with Gasteiger partial charge in [0.15, 0.2) is 11.5 Å². The molecule has 2 rings (SSSR count). The monoisotopic (exact) mass is 307 g/mol. The lowest BCUT2D eigenvalue weighted by Gasteiger charge is -2.09. The van der Waals surface area contributed by atoms with Crippen LogP contribution in [0.3, 0.4) is 0 Å². The third-order valence-corrected chi connectivity index (χ3v) is 4.06. The van der Waals surface area contributed by atoms with Gasteiger partial charge in [-0.2, -0.15) is 0 Å². The Morgan fingerprint density at radius 3 is 2.62 bits per heavy atom. The Morgan fingerprint density at radius 2 is 2.05 bits per heavy atom. The molecule has 1 heterocycles. The molecule has 6 heteroatoms. The van der Waals surface area contributed by atoms with Gasteiger partial charge in [-0.3, -0.25) is 0 Å². The van der Waals surface area contributed by atoms with E-state index in [1.54, 1.807) is 7.11 Å². The van der Waals surface area contributed by atoms with Gasteiger partial charge in [-0.1, -0.05) is 19.1 Å². The van der Waals surface area contributed by atoms with Crippen LogP contribution < -0.4 is 9.47 Å². The number of carboxylic acids is 1. The molecule has 0 aliphatic heterocycles. The molecular weight excluding hydrogens is 290 g/mol. The van der Waals surface area contributed by atoms with E-state index in [1.165, 1.54) is 11.3 Å². The van der Waals surface area contributed by atoms with E-state index in [1.807, 2.05) is 31.2 Å². The lowest BCUT2D eigenvalue weighted by molar-refractivity contribution is 0.0701. The number of carboxylic acid groups (broad SMARTS) is 1. The first-order valence-electron chi connectivity index (χ1n) is 6.63. The van der Waals surface area contributed by atoms with Crippen molar-refractivity contribution in [2.45, 2.75) is 19.8 Å². The van der Waals surface area contributed by atoms with Gasteiger partial charge in [0.05, 0.1) is 24.4 Å². The maximum atomic E-state index is 11.1. The zero-order valence-corrected chi connectivity index (χ0v) is 12.8. The summed E-state index contributed by atoms with van der Waals surface area (Å²) in [6.45, 7) is 2.33. The summed E-state index contributed by atoms with van der Waals surface area (Å²) >= 11 is 1.22. The van der Waals surface area contributed by atoms with Crippen LogP contribution in [0.5, 0.6) is 11.5 Å². The Hall–Kier alpha value is -2.08. The molecule has 21 heavy (non-hydrogen) atoms. The van der Waals surface area contributed by atoms with Gasteiger partial charge in [0, 0.05) is 6.42 Å². The van der Waals surface area contributed by atoms with Crippen molar-refractivity contribution in [1.29, 1.82) is 0 Å². The minimum atomic E-state index is -0.916. The molecule has 112 valence electrons. The van der Waals surface area contributed by atoms with E-state index in [2.05, 4.69) is 4.98 Å². The summed E-state index contributed by atoms with van der Waals surface area (Å²) in [4.78, 5) is 15.8. The number of ether oxygens (including phenoxy) is 2. The largest absolute Gasteiger partial charge is 0.493 e. The van der Waals surface area contributed by atoms with Gasteiger partial charge in [-0.15, -0.1) is 11.3 Å². The number of hydrogen-bond donors (Lipinski definition) is 1. The average Bonchev–Trinajstić information content (AvgIpc) is 2.91. The number of aromatic carboxylic acids is 1. The molecule has 0 spiro atoms. The van der Waals surface area contributed by atoms with Crippen LogP contribution >= 0.6 is 11.3 Å². The number of benzene rings is 1. The summed E-state index contributed by atoms with van der Waals surface area (Å²) in [5.41, 5.74) is 0.639. The zero-order chi connectivity index (χ0) is 15.2. The first kappa shape index (κ1) is 15.3. The van der Waals surface area contributed by atoms with E-state index >= 15 is 0 Å². The van der Waals surface area contributed by atoms with Crippen molar-refractivity contribution in [1.82, 2.24) is 4.98 Å². The highest BCUT2D eigenvalue weighted by molar-refractivity contribution is 7.13. The van der Waals surface area contributed by atoms with Crippen molar-refractivity contribution in [3.05, 3.63) is 39.8 Å². The number of aryl methyl sites for hydroxylation is 1. The van der Waals surface area contributed by atoms with Crippen molar-refractivity contribution in [3.8, 4) is 11.5 Å². The normalized spacial score (nSPS) is 10.4. The van der Waals surface area contributed by atoms with Crippen molar-refractivity contribution in [2.75, 3.05) is 13.7 Å². The summed E-state index contributed by atoms with van der Waals surface area (Å²) in [5.74, 6) is 0.434. The van der Waals surface area contributed by atoms with E-state index in [9.17, 15) is 4.79 Å². The van der Waals surface area contributed by atoms with Gasteiger partial charge >= 0.3 is 5.97 Å². The number of hydrogen-bond acceptors (Lipinski definition) is 5. The van der Waals surface area contributed by atoms with Crippen LogP contribution in [0.15, 0.2) is 24.3 Å². The highest BCUT2D eigenvalue weighted by Gasteiger charge is 2.15. The molecular formula is C15H17NO4S. The van der Waals surface area contributed by atoms with Gasteiger partial charge in [0.2, 0.25) is 0 Å². The molecule has 0 aliphatic rings. The van der Waals surface area contributed by atoms with Crippen molar-refractivity contribution in [3.63, 3.8) is 0 Å². The second-order valence-electron chi connectivity index (χ2n) is 4.29. The molecule has 0 unspecified atom stereocenters. The molecule has 0 amide bonds. The molecule has 5 nitrogen and oxygen atoms in total. The maximum Gasteiger partial charge on any atom is 0.347 e. The zero-order valence-electron chi connectivity index (χ0n) is 12.0. The number of nitrogens with zero attached hydrogens (tertiary/aromatic N) is 1. The SMILES string of the molecule is CCc1nc(CCOc2ccccc2OC)sc1C(=O)O. The molecule has 1 aromatic carbocycles. The lowest BCUT2D eigenvalue weighted by atomic mass is 10.3. The van der Waals surface area contributed by atoms with Gasteiger partial charge < -0.3 is 14.6 Å². The molecule has 2 aromatic rings. The molecule has 0 radical (unpaired) electrons. The summed E-state index contributed by atoms with van der Waals surface area (Å²) < 4.78 is 10.9. The fourth-order valence-corrected chi connectivity index (χ4v) is 2.87. The number of carbonyl (C=O) groups is 1. The molecule has 1 N–H and O–H groups in total. The molecule has 1 aromatic heterocycles. The van der Waals surface area contributed by atoms with Crippen molar-refractivity contribution >= 4 is 17.3 Å². The highest BCUT2D eigenvalue weighted by Crippen LogP contribution is 2.26. The van der Waals surface area contributed by atoms with Crippen LogP contribution in [-0.4, -0.2) is 29.8 Å². The molecule has 0 fully saturated rings. The number of methoxy groups -OCH3 is 1. The lowest BCUT2D eigenvalue weighted by Crippen LogP contribution is -2.02. The Kier molecular flexibility index (Phi) is 5.16. The number of thiazole rings is 1. The first-order chi connectivity index (χ1) is 10.2. The van der Waals surface area contributed by atoms with Gasteiger partial charge in [-0.25, -0.2) is 9.78 Å². The van der Waals surface area contributed by atoms with Gasteiger partial charge in [0.1, 0.15) is 4.88 Å². The number of aromatic nitrogens is 1. The second-order valence-corrected chi connectivity index (χ2v) is 5.38. The molecule has 0 atom stereocenters. The molecule has 0 saturated heterocycles. The Balaban J connectivity index is 1.99. The fourth-order valence-electron chi connectivity index (χ4n) is 1.90. The van der Waals surface area contributed by atoms with Crippen LogP contribution in [0.2, 0.25) is 0 Å². The molecule has 0 bridgehead atoms. The van der Waals surface area contributed by atoms with E-state index in [0.29, 0.717) is 41.5 Å². The third kappa shape index (κ3) is 3.72. The third-order valence-electron chi connectivity index (χ3n) is 2.91. The predicted molar refractivity (Wildman–Crippen MR) is 80.6 cm³/mol. The van der Waals surface area contributed by atoms with E-state index < -0.39 is 5.97 Å². The Bertz CT molecular complexity index is 624. The van der Waals surface area contributed by atoms with Gasteiger partial charge in [-0.05, 0) is 18.6 Å². The summed E-state index contributed by atoms with van der Waals surface area (Å²) in [6.07, 6.45) is 1.19. The van der Waals surface area contributed by atoms with E-state index in [4.69, 9.17) is 14.6 Å². The molecule has 0 saturated carbocycles. The van der Waals surface area contributed by atoms with Crippen molar-refractivity contribution < 1.29 is 19.4 Å². The smallest absolute Gasteiger partial charge is 0.347 e. The van der Waals surface area contributed by atoms with Crippen LogP contribution in [0.1, 0.15) is 27.3 Å². The van der Waals surface area contributed by atoms with Crippen LogP contribution in [-0.2, 0) is 12.8 Å². The average molecular weight is 307 g/mol. The van der Waals surface area contributed by atoms with Crippen LogP contribution in [0.4, 0.5) is 0 Å². The standard InChI is InChI=1S/C15H17NO4S/c1-3-10-14(15(17)18)21-13(16-10)8-9-20-12-7-5-4-6-11(12)19-2/h4-7H,3,8-9H2,1-2H3,(H,17,18). The van der Waals surface area contributed by atoms with Crippen LogP contribution in [0.25, 0.3) is 0 Å². The second kappa shape index (κ2) is 7.08. The minimum absolute atomic E-state index is 0.324. The predicted octanol–water partition coefficient (Wildman–Crippen LogP) is 3.03. The van der Waals surface area contributed by atoms with Crippen LogP contribution in [0, 0.1) is 0 Å². The quantitative estimate of drug-likeness (QED) is 0.851. The maximum absolute atomic E-state index is 11.1. The van der Waals surface area contributed by atoms with Crippen molar-refractivity contribution in [2.24, 2.45) is 0 Å². The number of para-hydroxylation sites is 2. The Labute approximate surface area is 127 Å². The highest BCUT2D eigenvalue weighted by atomic mass is 32.1. The van der Waals surface area contributed by atoms with Gasteiger partial charge in [0.25, 0.3) is 0 Å².